The van der Waals surface area contributed by atoms with Crippen LogP contribution in [-0.2, 0) is 9.84 Å². The standard InChI is InChI=1S/C11H23N3O2S2/c1-2-18(15,16)9-3-4-13-5-7-14(8-6-13)10-11(12)17/h2-10H2,1H3,(H2,12,17). The van der Waals surface area contributed by atoms with E-state index in [4.69, 9.17) is 18.0 Å². The van der Waals surface area contributed by atoms with Gasteiger partial charge >= 0.3 is 0 Å². The molecule has 0 aromatic carbocycles. The number of nitrogens with two attached hydrogens (primary N) is 1. The van der Waals surface area contributed by atoms with E-state index in [0.29, 0.717) is 17.3 Å². The quantitative estimate of drug-likeness (QED) is 0.651. The van der Waals surface area contributed by atoms with Gasteiger partial charge in [0.1, 0.15) is 9.84 Å². The van der Waals surface area contributed by atoms with Crippen LogP contribution >= 0.6 is 12.2 Å². The fourth-order valence-corrected chi connectivity index (χ4v) is 3.08. The van der Waals surface area contributed by atoms with Gasteiger partial charge in [-0.1, -0.05) is 19.1 Å². The second-order valence-corrected chi connectivity index (χ2v) is 7.67. The molecular formula is C11H23N3O2S2. The molecule has 0 bridgehead atoms. The second-order valence-electron chi connectivity index (χ2n) is 4.67. The first-order chi connectivity index (χ1) is 8.43. The van der Waals surface area contributed by atoms with Crippen molar-refractivity contribution in [2.45, 2.75) is 13.3 Å². The van der Waals surface area contributed by atoms with Crippen molar-refractivity contribution in [3.05, 3.63) is 0 Å². The summed E-state index contributed by atoms with van der Waals surface area (Å²) in [7, 11) is -2.82. The Balaban J connectivity index is 2.18. The molecule has 0 aromatic heterocycles. The van der Waals surface area contributed by atoms with Crippen molar-refractivity contribution in [3.63, 3.8) is 0 Å². The molecule has 0 radical (unpaired) electrons. The molecule has 0 aliphatic carbocycles. The molecule has 0 atom stereocenters. The van der Waals surface area contributed by atoms with Crippen molar-refractivity contribution < 1.29 is 8.42 Å². The molecule has 106 valence electrons. The second kappa shape index (κ2) is 7.37. The Kier molecular flexibility index (Phi) is 6.48. The van der Waals surface area contributed by atoms with Gasteiger partial charge in [-0.3, -0.25) is 4.90 Å². The van der Waals surface area contributed by atoms with Gasteiger partial charge in [-0.05, 0) is 13.0 Å². The molecule has 0 saturated carbocycles. The molecule has 1 fully saturated rings. The Morgan fingerprint density at radius 1 is 1.22 bits per heavy atom. The third-order valence-electron chi connectivity index (χ3n) is 3.21. The van der Waals surface area contributed by atoms with E-state index < -0.39 is 9.84 Å². The number of piperazine rings is 1. The van der Waals surface area contributed by atoms with Gasteiger partial charge in [0, 0.05) is 38.5 Å². The van der Waals surface area contributed by atoms with Crippen LogP contribution in [0.25, 0.3) is 0 Å². The molecule has 0 amide bonds. The van der Waals surface area contributed by atoms with E-state index in [1.54, 1.807) is 6.92 Å². The lowest BCUT2D eigenvalue weighted by atomic mass is 10.3. The molecule has 7 heteroatoms. The Labute approximate surface area is 115 Å². The molecule has 0 spiro atoms. The van der Waals surface area contributed by atoms with E-state index in [1.165, 1.54) is 0 Å². The van der Waals surface area contributed by atoms with Crippen LogP contribution in [0.1, 0.15) is 13.3 Å². The third kappa shape index (κ3) is 6.08. The largest absolute Gasteiger partial charge is 0.392 e. The highest BCUT2D eigenvalue weighted by Gasteiger charge is 2.17. The van der Waals surface area contributed by atoms with Crippen LogP contribution in [0.5, 0.6) is 0 Å². The molecule has 5 nitrogen and oxygen atoms in total. The normalized spacial score (nSPS) is 18.9. The summed E-state index contributed by atoms with van der Waals surface area (Å²) >= 11 is 4.89. The van der Waals surface area contributed by atoms with Crippen LogP contribution in [0.15, 0.2) is 0 Å². The zero-order chi connectivity index (χ0) is 13.6. The molecule has 1 rings (SSSR count). The van der Waals surface area contributed by atoms with Crippen LogP contribution in [0.4, 0.5) is 0 Å². The lowest BCUT2D eigenvalue weighted by molar-refractivity contribution is 0.146. The van der Waals surface area contributed by atoms with Crippen molar-refractivity contribution in [2.75, 3.05) is 50.8 Å². The van der Waals surface area contributed by atoms with Gasteiger partial charge in [-0.25, -0.2) is 8.42 Å². The van der Waals surface area contributed by atoms with E-state index >= 15 is 0 Å². The molecular weight excluding hydrogens is 270 g/mol. The van der Waals surface area contributed by atoms with E-state index in [0.717, 1.165) is 39.1 Å². The van der Waals surface area contributed by atoms with Crippen LogP contribution < -0.4 is 5.73 Å². The highest BCUT2D eigenvalue weighted by Crippen LogP contribution is 2.03. The average Bonchev–Trinajstić information content (AvgIpc) is 2.30. The Hall–Kier alpha value is -0.240. The molecule has 1 saturated heterocycles. The van der Waals surface area contributed by atoms with Crippen LogP contribution in [-0.4, -0.2) is 74.0 Å². The smallest absolute Gasteiger partial charge is 0.150 e. The van der Waals surface area contributed by atoms with Crippen molar-refractivity contribution in [1.82, 2.24) is 9.80 Å². The molecule has 1 aliphatic heterocycles. The maximum Gasteiger partial charge on any atom is 0.150 e. The average molecular weight is 293 g/mol. The van der Waals surface area contributed by atoms with Gasteiger partial charge in [0.05, 0.1) is 10.7 Å². The summed E-state index contributed by atoms with van der Waals surface area (Å²) in [4.78, 5) is 5.08. The highest BCUT2D eigenvalue weighted by molar-refractivity contribution is 7.91. The van der Waals surface area contributed by atoms with Crippen molar-refractivity contribution in [3.8, 4) is 0 Å². The first-order valence-electron chi connectivity index (χ1n) is 6.36. The predicted molar refractivity (Wildman–Crippen MR) is 78.6 cm³/mol. The summed E-state index contributed by atoms with van der Waals surface area (Å²) in [6, 6.07) is 0. The zero-order valence-electron chi connectivity index (χ0n) is 11.0. The van der Waals surface area contributed by atoms with Gasteiger partial charge in [-0.2, -0.15) is 0 Å². The minimum Gasteiger partial charge on any atom is -0.392 e. The van der Waals surface area contributed by atoms with Crippen LogP contribution in [0.2, 0.25) is 0 Å². The Morgan fingerprint density at radius 3 is 2.28 bits per heavy atom. The minimum absolute atomic E-state index is 0.245. The van der Waals surface area contributed by atoms with Gasteiger partial charge in [-0.15, -0.1) is 0 Å². The first-order valence-corrected chi connectivity index (χ1v) is 8.59. The van der Waals surface area contributed by atoms with E-state index in [1.807, 2.05) is 0 Å². The maximum atomic E-state index is 11.4. The van der Waals surface area contributed by atoms with E-state index in [9.17, 15) is 8.42 Å². The summed E-state index contributed by atoms with van der Waals surface area (Å²) in [5.41, 5.74) is 5.51. The van der Waals surface area contributed by atoms with Crippen LogP contribution in [0, 0.1) is 0 Å². The van der Waals surface area contributed by atoms with Gasteiger partial charge in [0.15, 0.2) is 0 Å². The number of hydrogen-bond acceptors (Lipinski definition) is 5. The van der Waals surface area contributed by atoms with Gasteiger partial charge < -0.3 is 10.6 Å². The Bertz CT molecular complexity index is 362. The van der Waals surface area contributed by atoms with Crippen molar-refractivity contribution in [2.24, 2.45) is 5.73 Å². The number of thiocarbonyl (C=S) groups is 1. The topological polar surface area (TPSA) is 66.6 Å². The predicted octanol–water partition coefficient (Wildman–Crippen LogP) is -0.285. The zero-order valence-corrected chi connectivity index (χ0v) is 12.6. The number of sulfone groups is 1. The maximum absolute atomic E-state index is 11.4. The molecule has 1 heterocycles. The fourth-order valence-electron chi connectivity index (χ4n) is 2.04. The summed E-state index contributed by atoms with van der Waals surface area (Å²) < 4.78 is 22.7. The molecule has 0 aromatic rings. The number of nitrogens with zero attached hydrogens (tertiary/aromatic N) is 2. The molecule has 2 N–H and O–H groups in total. The summed E-state index contributed by atoms with van der Waals surface area (Å²) in [6.45, 7) is 7.09. The molecule has 18 heavy (non-hydrogen) atoms. The lowest BCUT2D eigenvalue weighted by Crippen LogP contribution is -2.48. The van der Waals surface area contributed by atoms with E-state index in [-0.39, 0.29) is 5.75 Å². The first kappa shape index (κ1) is 15.8. The fraction of sp³-hybridized carbons (Fsp3) is 0.909. The highest BCUT2D eigenvalue weighted by atomic mass is 32.2. The minimum atomic E-state index is -2.82. The number of hydrogen-bond donors (Lipinski definition) is 1. The summed E-state index contributed by atoms with van der Waals surface area (Å²) in [6.07, 6.45) is 0.728. The lowest BCUT2D eigenvalue weighted by Gasteiger charge is -2.34. The van der Waals surface area contributed by atoms with E-state index in [2.05, 4.69) is 9.80 Å². The summed E-state index contributed by atoms with van der Waals surface area (Å²) in [5.74, 6) is 0.547. The van der Waals surface area contributed by atoms with Crippen LogP contribution in [0.3, 0.4) is 0 Å². The summed E-state index contributed by atoms with van der Waals surface area (Å²) in [5, 5.41) is 0. The third-order valence-corrected chi connectivity index (χ3v) is 5.13. The Morgan fingerprint density at radius 2 is 1.78 bits per heavy atom. The van der Waals surface area contributed by atoms with Gasteiger partial charge in [0.25, 0.3) is 0 Å². The molecule has 1 aliphatic rings. The number of rotatable bonds is 7. The van der Waals surface area contributed by atoms with Gasteiger partial charge in [0.2, 0.25) is 0 Å². The van der Waals surface area contributed by atoms with Crippen molar-refractivity contribution >= 4 is 27.0 Å². The van der Waals surface area contributed by atoms with Crippen molar-refractivity contribution in [1.29, 1.82) is 0 Å². The molecule has 0 unspecified atom stereocenters. The SMILES string of the molecule is CCS(=O)(=O)CCCN1CCN(CC(N)=S)CC1. The monoisotopic (exact) mass is 293 g/mol.